The van der Waals surface area contributed by atoms with Crippen LogP contribution in [0.4, 0.5) is 13.2 Å². The van der Waals surface area contributed by atoms with Crippen molar-refractivity contribution in [1.82, 2.24) is 4.98 Å². The van der Waals surface area contributed by atoms with Crippen LogP contribution in [0.1, 0.15) is 17.7 Å². The molecule has 17 heavy (non-hydrogen) atoms. The molecule has 1 heterocycles. The van der Waals surface area contributed by atoms with Crippen LogP contribution in [0.15, 0.2) is 12.3 Å². The molecule has 0 saturated heterocycles. The smallest absolute Gasteiger partial charge is 0.421 e. The molecule has 0 radical (unpaired) electrons. The Morgan fingerprint density at radius 1 is 1.29 bits per heavy atom. The molecule has 1 aromatic heterocycles. The molecular formula is C11H14F3NO2. The molecule has 0 atom stereocenters. The summed E-state index contributed by atoms with van der Waals surface area (Å²) in [5, 5.41) is 0. The minimum absolute atomic E-state index is 0.0817. The van der Waals surface area contributed by atoms with Gasteiger partial charge in [-0.2, -0.15) is 13.2 Å². The average molecular weight is 249 g/mol. The van der Waals surface area contributed by atoms with E-state index in [2.05, 4.69) is 4.98 Å². The first kappa shape index (κ1) is 13.8. The van der Waals surface area contributed by atoms with Gasteiger partial charge in [0.1, 0.15) is 11.3 Å². The number of ether oxygens (including phenoxy) is 2. The zero-order chi connectivity index (χ0) is 12.9. The highest BCUT2D eigenvalue weighted by Crippen LogP contribution is 2.37. The molecule has 0 saturated carbocycles. The minimum atomic E-state index is -4.45. The molecular weight excluding hydrogens is 235 g/mol. The predicted octanol–water partition coefficient (Wildman–Crippen LogP) is 2.82. The van der Waals surface area contributed by atoms with E-state index in [0.717, 1.165) is 0 Å². The van der Waals surface area contributed by atoms with Gasteiger partial charge < -0.3 is 9.47 Å². The zero-order valence-corrected chi connectivity index (χ0v) is 9.67. The summed E-state index contributed by atoms with van der Waals surface area (Å²) in [5.41, 5.74) is -0.890. The van der Waals surface area contributed by atoms with Crippen molar-refractivity contribution in [3.8, 4) is 5.75 Å². The van der Waals surface area contributed by atoms with Crippen LogP contribution in [-0.2, 0) is 10.9 Å². The highest BCUT2D eigenvalue weighted by molar-refractivity contribution is 5.37. The van der Waals surface area contributed by atoms with Crippen LogP contribution in [0.3, 0.4) is 0 Å². The maximum Gasteiger partial charge on any atom is 0.421 e. The second-order valence-electron chi connectivity index (χ2n) is 3.46. The Kier molecular flexibility index (Phi) is 4.74. The molecule has 0 aliphatic carbocycles. The van der Waals surface area contributed by atoms with Crippen LogP contribution >= 0.6 is 0 Å². The maximum absolute atomic E-state index is 12.7. The molecule has 0 N–H and O–H groups in total. The highest BCUT2D eigenvalue weighted by atomic mass is 19.4. The molecule has 0 fully saturated rings. The van der Waals surface area contributed by atoms with Gasteiger partial charge in [0.25, 0.3) is 0 Å². The van der Waals surface area contributed by atoms with Crippen LogP contribution in [-0.4, -0.2) is 25.3 Å². The third kappa shape index (κ3) is 3.89. The van der Waals surface area contributed by atoms with Gasteiger partial charge in [-0.25, -0.2) is 0 Å². The largest absolute Gasteiger partial charge is 0.493 e. The van der Waals surface area contributed by atoms with E-state index >= 15 is 0 Å². The van der Waals surface area contributed by atoms with Gasteiger partial charge in [0.05, 0.1) is 12.3 Å². The van der Waals surface area contributed by atoms with Crippen molar-refractivity contribution in [2.24, 2.45) is 0 Å². The topological polar surface area (TPSA) is 31.4 Å². The van der Waals surface area contributed by atoms with E-state index in [4.69, 9.17) is 9.47 Å². The number of rotatable bonds is 5. The lowest BCUT2D eigenvalue weighted by Gasteiger charge is -2.15. The summed E-state index contributed by atoms with van der Waals surface area (Å²) in [4.78, 5) is 3.63. The Morgan fingerprint density at radius 2 is 2.00 bits per heavy atom. The minimum Gasteiger partial charge on any atom is -0.493 e. The number of halogens is 3. The fourth-order valence-electron chi connectivity index (χ4n) is 1.39. The molecule has 0 spiro atoms. The zero-order valence-electron chi connectivity index (χ0n) is 9.67. The Morgan fingerprint density at radius 3 is 2.59 bits per heavy atom. The molecule has 0 aromatic carbocycles. The normalized spacial score (nSPS) is 11.6. The number of aryl methyl sites for hydroxylation is 1. The predicted molar refractivity (Wildman–Crippen MR) is 56.0 cm³/mol. The number of pyridine rings is 1. The van der Waals surface area contributed by atoms with E-state index in [1.807, 2.05) is 0 Å². The standard InChI is InChI=1S/C11H14F3NO2/c1-8-10(11(12,13)14)9(4-5-15-8)17-7-3-6-16-2/h4-5H,3,6-7H2,1-2H3. The summed E-state index contributed by atoms with van der Waals surface area (Å²) in [6, 6.07) is 1.22. The van der Waals surface area contributed by atoms with Crippen molar-refractivity contribution in [3.63, 3.8) is 0 Å². The molecule has 6 heteroatoms. The molecule has 0 amide bonds. The van der Waals surface area contributed by atoms with Crippen molar-refractivity contribution < 1.29 is 22.6 Å². The SMILES string of the molecule is COCCCOc1ccnc(C)c1C(F)(F)F. The molecule has 1 rings (SSSR count). The Labute approximate surface area is 97.6 Å². The molecule has 0 bridgehead atoms. The monoisotopic (exact) mass is 249 g/mol. The lowest BCUT2D eigenvalue weighted by Crippen LogP contribution is -2.13. The van der Waals surface area contributed by atoms with Crippen molar-refractivity contribution in [1.29, 1.82) is 0 Å². The average Bonchev–Trinajstić information content (AvgIpc) is 2.22. The van der Waals surface area contributed by atoms with E-state index in [9.17, 15) is 13.2 Å². The van der Waals surface area contributed by atoms with Gasteiger partial charge in [0.2, 0.25) is 0 Å². The number of nitrogens with zero attached hydrogens (tertiary/aromatic N) is 1. The van der Waals surface area contributed by atoms with E-state index in [-0.39, 0.29) is 18.1 Å². The van der Waals surface area contributed by atoms with Crippen LogP contribution < -0.4 is 4.74 Å². The van der Waals surface area contributed by atoms with Gasteiger partial charge >= 0.3 is 6.18 Å². The fraction of sp³-hybridized carbons (Fsp3) is 0.545. The maximum atomic E-state index is 12.7. The van der Waals surface area contributed by atoms with Crippen LogP contribution in [0.5, 0.6) is 5.75 Å². The molecule has 0 aliphatic rings. The number of alkyl halides is 3. The Balaban J connectivity index is 2.81. The van der Waals surface area contributed by atoms with E-state index in [1.54, 1.807) is 0 Å². The molecule has 1 aromatic rings. The van der Waals surface area contributed by atoms with Crippen molar-refractivity contribution in [2.45, 2.75) is 19.5 Å². The van der Waals surface area contributed by atoms with Gasteiger partial charge in [0.15, 0.2) is 0 Å². The van der Waals surface area contributed by atoms with Crippen LogP contribution in [0.25, 0.3) is 0 Å². The number of hydrogen-bond acceptors (Lipinski definition) is 3. The molecule has 0 aliphatic heterocycles. The van der Waals surface area contributed by atoms with Gasteiger partial charge in [-0.15, -0.1) is 0 Å². The number of hydrogen-bond donors (Lipinski definition) is 0. The summed E-state index contributed by atoms with van der Waals surface area (Å²) in [6.07, 6.45) is -2.61. The second kappa shape index (κ2) is 5.86. The number of methoxy groups -OCH3 is 1. The summed E-state index contributed by atoms with van der Waals surface area (Å²) >= 11 is 0. The molecule has 96 valence electrons. The van der Waals surface area contributed by atoms with E-state index < -0.39 is 11.7 Å². The van der Waals surface area contributed by atoms with Gasteiger partial charge in [0, 0.05) is 26.3 Å². The third-order valence-electron chi connectivity index (χ3n) is 2.14. The quantitative estimate of drug-likeness (QED) is 0.752. The fourth-order valence-corrected chi connectivity index (χ4v) is 1.39. The van der Waals surface area contributed by atoms with Crippen molar-refractivity contribution >= 4 is 0 Å². The summed E-state index contributed by atoms with van der Waals surface area (Å²) < 4.78 is 48.1. The molecule has 0 unspecified atom stereocenters. The van der Waals surface area contributed by atoms with Gasteiger partial charge in [-0.1, -0.05) is 0 Å². The van der Waals surface area contributed by atoms with Crippen LogP contribution in [0.2, 0.25) is 0 Å². The highest BCUT2D eigenvalue weighted by Gasteiger charge is 2.36. The van der Waals surface area contributed by atoms with Gasteiger partial charge in [-0.3, -0.25) is 4.98 Å². The van der Waals surface area contributed by atoms with Crippen molar-refractivity contribution in [3.05, 3.63) is 23.5 Å². The van der Waals surface area contributed by atoms with E-state index in [0.29, 0.717) is 13.0 Å². The summed E-state index contributed by atoms with van der Waals surface area (Å²) in [7, 11) is 1.53. The Bertz CT molecular complexity index is 366. The first-order valence-electron chi connectivity index (χ1n) is 5.11. The number of aromatic nitrogens is 1. The van der Waals surface area contributed by atoms with Crippen molar-refractivity contribution in [2.75, 3.05) is 20.3 Å². The third-order valence-corrected chi connectivity index (χ3v) is 2.14. The summed E-state index contributed by atoms with van der Waals surface area (Å²) in [5.74, 6) is -0.180. The summed E-state index contributed by atoms with van der Waals surface area (Å²) in [6.45, 7) is 1.94. The first-order chi connectivity index (χ1) is 7.96. The molecule has 3 nitrogen and oxygen atoms in total. The lowest BCUT2D eigenvalue weighted by atomic mass is 10.2. The lowest BCUT2D eigenvalue weighted by molar-refractivity contribution is -0.139. The second-order valence-corrected chi connectivity index (χ2v) is 3.46. The van der Waals surface area contributed by atoms with Crippen LogP contribution in [0, 0.1) is 6.92 Å². The van der Waals surface area contributed by atoms with E-state index in [1.165, 1.54) is 26.3 Å². The first-order valence-corrected chi connectivity index (χ1v) is 5.11. The Hall–Kier alpha value is -1.30. The van der Waals surface area contributed by atoms with Gasteiger partial charge in [-0.05, 0) is 13.0 Å².